The first kappa shape index (κ1) is 19.0. The molecular weight excluding hydrogens is 370 g/mol. The number of amides is 2. The Morgan fingerprint density at radius 2 is 1.71 bits per heavy atom. The molecule has 7 nitrogen and oxygen atoms in total. The van der Waals surface area contributed by atoms with Gasteiger partial charge < -0.3 is 15.4 Å². The number of nitrogens with one attached hydrogen (secondary N) is 3. The molecule has 2 amide bonds. The molecule has 0 fully saturated rings. The quantitative estimate of drug-likeness (QED) is 0.581. The lowest BCUT2D eigenvalue weighted by Gasteiger charge is -2.18. The maximum absolute atomic E-state index is 12.7. The van der Waals surface area contributed by atoms with E-state index in [9.17, 15) is 18.4 Å². The second-order valence-electron chi connectivity index (χ2n) is 5.68. The molecule has 1 unspecified atom stereocenters. The summed E-state index contributed by atoms with van der Waals surface area (Å²) in [6.45, 7) is -2.95. The molecule has 0 saturated carbocycles. The Morgan fingerprint density at radius 1 is 1.00 bits per heavy atom. The van der Waals surface area contributed by atoms with Crippen molar-refractivity contribution in [3.05, 3.63) is 78.0 Å². The Kier molecular flexibility index (Phi) is 5.95. The highest BCUT2D eigenvalue weighted by atomic mass is 19.3. The van der Waals surface area contributed by atoms with E-state index in [1.54, 1.807) is 36.4 Å². The zero-order valence-corrected chi connectivity index (χ0v) is 14.4. The first-order valence-electron chi connectivity index (χ1n) is 8.24. The van der Waals surface area contributed by atoms with Gasteiger partial charge in [-0.2, -0.15) is 13.9 Å². The van der Waals surface area contributed by atoms with E-state index in [1.165, 1.54) is 30.5 Å². The molecule has 3 aromatic rings. The van der Waals surface area contributed by atoms with Crippen molar-refractivity contribution in [3.63, 3.8) is 0 Å². The third-order valence-corrected chi connectivity index (χ3v) is 3.77. The first-order valence-corrected chi connectivity index (χ1v) is 8.24. The summed E-state index contributed by atoms with van der Waals surface area (Å²) in [5.74, 6) is -0.699. The number of nitrogens with zero attached hydrogens (tertiary/aromatic N) is 1. The van der Waals surface area contributed by atoms with Gasteiger partial charge in [0.15, 0.2) is 0 Å². The van der Waals surface area contributed by atoms with Crippen molar-refractivity contribution in [2.75, 3.05) is 5.32 Å². The molecule has 0 radical (unpaired) electrons. The fourth-order valence-electron chi connectivity index (χ4n) is 2.48. The number of aromatic amines is 1. The number of hydrogen-bond acceptors (Lipinski definition) is 4. The maximum atomic E-state index is 12.7. The molecule has 1 heterocycles. The van der Waals surface area contributed by atoms with E-state index in [4.69, 9.17) is 0 Å². The van der Waals surface area contributed by atoms with Gasteiger partial charge in [-0.05, 0) is 29.8 Å². The van der Waals surface area contributed by atoms with Crippen molar-refractivity contribution < 1.29 is 23.1 Å². The van der Waals surface area contributed by atoms with E-state index < -0.39 is 24.5 Å². The van der Waals surface area contributed by atoms with Crippen LogP contribution in [0.5, 0.6) is 5.75 Å². The van der Waals surface area contributed by atoms with Crippen molar-refractivity contribution in [1.29, 1.82) is 0 Å². The number of hydrogen-bond donors (Lipinski definition) is 3. The fourth-order valence-corrected chi connectivity index (χ4v) is 2.48. The van der Waals surface area contributed by atoms with E-state index in [-0.39, 0.29) is 11.3 Å². The van der Waals surface area contributed by atoms with Crippen LogP contribution in [0, 0.1) is 0 Å². The molecule has 0 aliphatic rings. The number of alkyl halides is 2. The highest BCUT2D eigenvalue weighted by Crippen LogP contribution is 2.18. The second kappa shape index (κ2) is 8.76. The van der Waals surface area contributed by atoms with Gasteiger partial charge in [-0.25, -0.2) is 0 Å². The van der Waals surface area contributed by atoms with Crippen LogP contribution in [0.25, 0.3) is 0 Å². The Hall–Kier alpha value is -3.75. The Morgan fingerprint density at radius 3 is 2.32 bits per heavy atom. The lowest BCUT2D eigenvalue weighted by atomic mass is 10.1. The Bertz CT molecular complexity index is 916. The minimum Gasteiger partial charge on any atom is -0.435 e. The monoisotopic (exact) mass is 386 g/mol. The van der Waals surface area contributed by atoms with Gasteiger partial charge in [-0.3, -0.25) is 14.7 Å². The number of H-pyrrole nitrogens is 1. The number of halogens is 2. The van der Waals surface area contributed by atoms with Gasteiger partial charge in [0.25, 0.3) is 11.8 Å². The molecule has 0 saturated heterocycles. The lowest BCUT2D eigenvalue weighted by Crippen LogP contribution is -2.37. The third-order valence-electron chi connectivity index (χ3n) is 3.77. The van der Waals surface area contributed by atoms with E-state index >= 15 is 0 Å². The summed E-state index contributed by atoms with van der Waals surface area (Å²) in [6.07, 6.45) is 1.48. The van der Waals surface area contributed by atoms with E-state index in [1.807, 2.05) is 0 Å². The Labute approximate surface area is 158 Å². The van der Waals surface area contributed by atoms with Crippen molar-refractivity contribution in [2.45, 2.75) is 12.7 Å². The smallest absolute Gasteiger partial charge is 0.387 e. The average molecular weight is 386 g/mol. The first-order chi connectivity index (χ1) is 13.5. The highest BCUT2D eigenvalue weighted by Gasteiger charge is 2.23. The van der Waals surface area contributed by atoms with Crippen molar-refractivity contribution in [1.82, 2.24) is 15.5 Å². The topological polar surface area (TPSA) is 96.1 Å². The van der Waals surface area contributed by atoms with Crippen LogP contribution >= 0.6 is 0 Å². The molecule has 9 heteroatoms. The highest BCUT2D eigenvalue weighted by molar-refractivity contribution is 6.01. The molecule has 1 atom stereocenters. The van der Waals surface area contributed by atoms with Crippen LogP contribution < -0.4 is 15.4 Å². The van der Waals surface area contributed by atoms with E-state index in [2.05, 4.69) is 25.6 Å². The van der Waals surface area contributed by atoms with Crippen molar-refractivity contribution in [3.8, 4) is 5.75 Å². The predicted molar refractivity (Wildman–Crippen MR) is 96.9 cm³/mol. The fraction of sp³-hybridized carbons (Fsp3) is 0.105. The molecule has 3 rings (SSSR count). The molecule has 28 heavy (non-hydrogen) atoms. The summed E-state index contributed by atoms with van der Waals surface area (Å²) in [4.78, 5) is 25.2. The van der Waals surface area contributed by atoms with Crippen LogP contribution in [0.1, 0.15) is 22.0 Å². The van der Waals surface area contributed by atoms with E-state index in [0.29, 0.717) is 11.4 Å². The summed E-state index contributed by atoms with van der Waals surface area (Å²) in [5, 5.41) is 11.6. The summed E-state index contributed by atoms with van der Waals surface area (Å²) >= 11 is 0. The molecule has 0 aliphatic heterocycles. The number of ether oxygens (including phenoxy) is 1. The third kappa shape index (κ3) is 4.91. The number of anilines is 1. The Balaban J connectivity index is 1.77. The van der Waals surface area contributed by atoms with Crippen LogP contribution in [0.3, 0.4) is 0 Å². The molecule has 2 aromatic carbocycles. The maximum Gasteiger partial charge on any atom is 0.387 e. The summed E-state index contributed by atoms with van der Waals surface area (Å²) in [7, 11) is 0. The van der Waals surface area contributed by atoms with Crippen LogP contribution in [0.2, 0.25) is 0 Å². The average Bonchev–Trinajstić information content (AvgIpc) is 3.19. The van der Waals surface area contributed by atoms with E-state index in [0.717, 1.165) is 0 Å². The van der Waals surface area contributed by atoms with Gasteiger partial charge in [0, 0.05) is 11.6 Å². The number of aromatic nitrogens is 2. The molecular formula is C19H16F2N4O3. The molecule has 144 valence electrons. The van der Waals surface area contributed by atoms with Gasteiger partial charge >= 0.3 is 6.61 Å². The number of benzene rings is 2. The SMILES string of the molecule is O=C(NC(C(=O)Nc1ccn[nH]1)c1ccccc1)c1ccc(OC(F)F)cc1. The zero-order valence-electron chi connectivity index (χ0n) is 14.4. The predicted octanol–water partition coefficient (Wildman–Crippen LogP) is 3.12. The molecule has 0 aliphatic carbocycles. The van der Waals surface area contributed by atoms with Gasteiger partial charge in [-0.15, -0.1) is 0 Å². The largest absolute Gasteiger partial charge is 0.435 e. The van der Waals surface area contributed by atoms with Crippen LogP contribution in [-0.2, 0) is 4.79 Å². The normalized spacial score (nSPS) is 11.7. The number of rotatable bonds is 7. The molecule has 0 spiro atoms. The van der Waals surface area contributed by atoms with Gasteiger partial charge in [0.05, 0.1) is 6.20 Å². The second-order valence-corrected chi connectivity index (χ2v) is 5.68. The summed E-state index contributed by atoms with van der Waals surface area (Å²) in [6, 6.07) is 14.5. The van der Waals surface area contributed by atoms with Gasteiger partial charge in [0.2, 0.25) is 0 Å². The lowest BCUT2D eigenvalue weighted by molar-refractivity contribution is -0.118. The van der Waals surface area contributed by atoms with Crippen molar-refractivity contribution >= 4 is 17.6 Å². The minimum atomic E-state index is -2.95. The van der Waals surface area contributed by atoms with Crippen molar-refractivity contribution in [2.24, 2.45) is 0 Å². The summed E-state index contributed by atoms with van der Waals surface area (Å²) < 4.78 is 28.7. The van der Waals surface area contributed by atoms with Crippen LogP contribution in [0.4, 0.5) is 14.6 Å². The van der Waals surface area contributed by atoms with Crippen LogP contribution in [-0.4, -0.2) is 28.6 Å². The van der Waals surface area contributed by atoms with Gasteiger partial charge in [0.1, 0.15) is 17.6 Å². The zero-order chi connectivity index (χ0) is 19.9. The van der Waals surface area contributed by atoms with Gasteiger partial charge in [-0.1, -0.05) is 30.3 Å². The number of carbonyl (C=O) groups excluding carboxylic acids is 2. The van der Waals surface area contributed by atoms with Crippen LogP contribution in [0.15, 0.2) is 66.9 Å². The molecule has 3 N–H and O–H groups in total. The number of carbonyl (C=O) groups is 2. The summed E-state index contributed by atoms with van der Waals surface area (Å²) in [5.41, 5.74) is 0.766. The standard InChI is InChI=1S/C19H16F2N4O3/c20-19(21)28-14-8-6-13(7-9-14)17(26)24-16(12-4-2-1-3-5-12)18(27)23-15-10-11-22-25-15/h1-11,16,19H,(H,24,26)(H2,22,23,25,27). The minimum absolute atomic E-state index is 0.0665. The molecule has 1 aromatic heterocycles. The molecule has 0 bridgehead atoms.